The average Bonchev–Trinajstić information content (AvgIpc) is 3.41. The van der Waals surface area contributed by atoms with E-state index in [0.29, 0.717) is 13.1 Å². The highest BCUT2D eigenvalue weighted by Gasteiger charge is 2.33. The van der Waals surface area contributed by atoms with E-state index >= 15 is 0 Å². The second-order valence-electron chi connectivity index (χ2n) is 9.02. The molecule has 0 saturated carbocycles. The summed E-state index contributed by atoms with van der Waals surface area (Å²) in [6, 6.07) is 4.30. The van der Waals surface area contributed by atoms with Crippen molar-refractivity contribution in [1.82, 2.24) is 19.4 Å². The van der Waals surface area contributed by atoms with Crippen molar-refractivity contribution in [2.45, 2.75) is 39.8 Å². The Morgan fingerprint density at radius 3 is 2.53 bits per heavy atom. The van der Waals surface area contributed by atoms with Crippen molar-refractivity contribution in [3.05, 3.63) is 91.9 Å². The van der Waals surface area contributed by atoms with Crippen LogP contribution < -0.4 is 0 Å². The number of nitrogens with zero attached hydrogens (tertiary/aromatic N) is 4. The van der Waals surface area contributed by atoms with Crippen molar-refractivity contribution in [1.29, 1.82) is 0 Å². The molecule has 0 spiro atoms. The van der Waals surface area contributed by atoms with Crippen LogP contribution >= 0.6 is 23.2 Å². The maximum absolute atomic E-state index is 13.4. The number of aromatic carboxylic acids is 1. The van der Waals surface area contributed by atoms with Crippen molar-refractivity contribution in [3.63, 3.8) is 0 Å². The predicted octanol–water partition coefficient (Wildman–Crippen LogP) is 5.56. The minimum Gasteiger partial charge on any atom is -0.478 e. The summed E-state index contributed by atoms with van der Waals surface area (Å²) in [6.07, 6.45) is 8.84. The van der Waals surface area contributed by atoms with E-state index in [1.165, 1.54) is 12.1 Å². The van der Waals surface area contributed by atoms with Gasteiger partial charge in [-0.25, -0.2) is 14.8 Å². The fraction of sp³-hybridized carbons (Fsp3) is 0.259. The number of hydrogen-bond donors (Lipinski definition) is 1. The summed E-state index contributed by atoms with van der Waals surface area (Å²) in [5.74, 6) is -0.669. The quantitative estimate of drug-likeness (QED) is 0.473. The number of carbonyl (C=O) groups excluding carboxylic acids is 1. The second kappa shape index (κ2) is 9.22. The van der Waals surface area contributed by atoms with Crippen LogP contribution in [0.4, 0.5) is 0 Å². The number of aromatic nitrogens is 3. The maximum Gasteiger partial charge on any atom is 0.336 e. The van der Waals surface area contributed by atoms with Gasteiger partial charge in [-0.1, -0.05) is 54.4 Å². The lowest BCUT2D eigenvalue weighted by Crippen LogP contribution is -2.37. The van der Waals surface area contributed by atoms with Gasteiger partial charge in [-0.2, -0.15) is 0 Å². The molecule has 7 nitrogen and oxygen atoms in total. The van der Waals surface area contributed by atoms with Gasteiger partial charge in [-0.15, -0.1) is 0 Å². The van der Waals surface area contributed by atoms with E-state index < -0.39 is 11.9 Å². The molecule has 36 heavy (non-hydrogen) atoms. The lowest BCUT2D eigenvalue weighted by molar-refractivity contribution is 0.0677. The minimum absolute atomic E-state index is 0.0176. The summed E-state index contributed by atoms with van der Waals surface area (Å²) in [5, 5.41) is 9.82. The molecule has 1 aliphatic carbocycles. The molecule has 1 aliphatic heterocycles. The Bertz CT molecular complexity index is 1530. The Kier molecular flexibility index (Phi) is 6.22. The van der Waals surface area contributed by atoms with Crippen molar-refractivity contribution >= 4 is 46.2 Å². The third-order valence-corrected chi connectivity index (χ3v) is 7.31. The lowest BCUT2D eigenvalue weighted by atomic mass is 9.97. The summed E-state index contributed by atoms with van der Waals surface area (Å²) in [6.45, 7) is 7.09. The first kappa shape index (κ1) is 24.3. The van der Waals surface area contributed by atoms with Gasteiger partial charge in [0.25, 0.3) is 5.91 Å². The standard InChI is InChI=1S/C27H24Cl2N4O3/c1-4-23-31-24-14(2)9-15(3)30-25(24)33(23)13-16-5-6-22-17(10-16)7-8-32(22)26(34)18-11-20(28)21(29)12-19(18)27(35)36/h5-7,9-12,22H,4,8,13H2,1-3H3,(H,35,36). The summed E-state index contributed by atoms with van der Waals surface area (Å²) in [7, 11) is 0. The highest BCUT2D eigenvalue weighted by atomic mass is 35.5. The fourth-order valence-electron chi connectivity index (χ4n) is 4.88. The zero-order valence-corrected chi connectivity index (χ0v) is 21.6. The molecule has 0 radical (unpaired) electrons. The van der Waals surface area contributed by atoms with Crippen LogP contribution in [0.25, 0.3) is 11.2 Å². The molecule has 2 aromatic heterocycles. The van der Waals surface area contributed by atoms with Crippen molar-refractivity contribution in [2.75, 3.05) is 6.54 Å². The number of hydrogen-bond acceptors (Lipinski definition) is 4. The van der Waals surface area contributed by atoms with Crippen LogP contribution in [-0.4, -0.2) is 49.0 Å². The van der Waals surface area contributed by atoms with Gasteiger partial charge in [0.2, 0.25) is 0 Å². The summed E-state index contributed by atoms with van der Waals surface area (Å²) < 4.78 is 2.15. The molecule has 1 N–H and O–H groups in total. The Hall–Kier alpha value is -3.42. The molecule has 2 aliphatic rings. The number of fused-ring (bicyclic) bond motifs is 2. The first-order valence-electron chi connectivity index (χ1n) is 11.6. The molecule has 1 aromatic carbocycles. The number of aryl methyl sites for hydroxylation is 3. The van der Waals surface area contributed by atoms with E-state index in [-0.39, 0.29) is 27.2 Å². The maximum atomic E-state index is 13.4. The van der Waals surface area contributed by atoms with Crippen molar-refractivity contribution in [3.8, 4) is 0 Å². The van der Waals surface area contributed by atoms with Gasteiger partial charge in [-0.3, -0.25) is 4.79 Å². The first-order valence-corrected chi connectivity index (χ1v) is 12.4. The van der Waals surface area contributed by atoms with Gasteiger partial charge in [0, 0.05) is 18.7 Å². The molecule has 9 heteroatoms. The molecule has 3 aromatic rings. The van der Waals surface area contributed by atoms with Crippen LogP contribution in [-0.2, 0) is 13.0 Å². The van der Waals surface area contributed by atoms with Gasteiger partial charge >= 0.3 is 5.97 Å². The number of carboxylic acids is 1. The van der Waals surface area contributed by atoms with E-state index in [1.54, 1.807) is 4.90 Å². The molecule has 0 fully saturated rings. The van der Waals surface area contributed by atoms with E-state index in [1.807, 2.05) is 31.2 Å². The zero-order chi connectivity index (χ0) is 25.7. The summed E-state index contributed by atoms with van der Waals surface area (Å²) in [5.41, 5.74) is 5.76. The molecule has 1 unspecified atom stereocenters. The van der Waals surface area contributed by atoms with E-state index in [4.69, 9.17) is 33.2 Å². The Labute approximate surface area is 218 Å². The molecule has 5 rings (SSSR count). The molecule has 184 valence electrons. The average molecular weight is 523 g/mol. The number of rotatable bonds is 5. The molecule has 3 heterocycles. The number of imidazole rings is 1. The molecule has 1 atom stereocenters. The summed E-state index contributed by atoms with van der Waals surface area (Å²) >= 11 is 12.1. The van der Waals surface area contributed by atoms with Crippen LogP contribution in [0.1, 0.15) is 44.7 Å². The number of allylic oxidation sites excluding steroid dienone is 2. The van der Waals surface area contributed by atoms with Crippen molar-refractivity contribution < 1.29 is 14.7 Å². The SMILES string of the molecule is CCc1nc2c(C)cc(C)nc2n1CC1=CC2=CCN(C(=O)c3cc(Cl)c(Cl)cc3C(=O)O)C2C=C1. The number of carboxylic acid groups (broad SMARTS) is 1. The number of amides is 1. The Balaban J connectivity index is 1.42. The van der Waals surface area contributed by atoms with Crippen LogP contribution in [0.2, 0.25) is 10.0 Å². The number of carbonyl (C=O) groups is 2. The van der Waals surface area contributed by atoms with Gasteiger partial charge in [-0.05, 0) is 48.8 Å². The van der Waals surface area contributed by atoms with Crippen LogP contribution in [0.3, 0.4) is 0 Å². The lowest BCUT2D eigenvalue weighted by Gasteiger charge is -2.27. The highest BCUT2D eigenvalue weighted by molar-refractivity contribution is 6.42. The Morgan fingerprint density at radius 1 is 1.11 bits per heavy atom. The highest BCUT2D eigenvalue weighted by Crippen LogP contribution is 2.32. The molecule has 1 amide bonds. The minimum atomic E-state index is -1.23. The number of benzene rings is 1. The van der Waals surface area contributed by atoms with Gasteiger partial charge in [0.05, 0.1) is 33.8 Å². The first-order chi connectivity index (χ1) is 17.2. The number of halogens is 2. The van der Waals surface area contributed by atoms with E-state index in [9.17, 15) is 14.7 Å². The fourth-order valence-corrected chi connectivity index (χ4v) is 5.21. The van der Waals surface area contributed by atoms with Crippen LogP contribution in [0, 0.1) is 13.8 Å². The normalized spacial score (nSPS) is 16.8. The van der Waals surface area contributed by atoms with Crippen molar-refractivity contribution in [2.24, 2.45) is 0 Å². The zero-order valence-electron chi connectivity index (χ0n) is 20.0. The Morgan fingerprint density at radius 2 is 1.83 bits per heavy atom. The summed E-state index contributed by atoms with van der Waals surface area (Å²) in [4.78, 5) is 36.3. The van der Waals surface area contributed by atoms with Gasteiger partial charge in [0.1, 0.15) is 11.3 Å². The van der Waals surface area contributed by atoms with Gasteiger partial charge < -0.3 is 14.6 Å². The van der Waals surface area contributed by atoms with E-state index in [0.717, 1.165) is 45.8 Å². The largest absolute Gasteiger partial charge is 0.478 e. The van der Waals surface area contributed by atoms with Crippen LogP contribution in [0.5, 0.6) is 0 Å². The topological polar surface area (TPSA) is 88.3 Å². The smallest absolute Gasteiger partial charge is 0.336 e. The third kappa shape index (κ3) is 4.12. The van der Waals surface area contributed by atoms with Crippen LogP contribution in [0.15, 0.2) is 53.6 Å². The molecule has 0 bridgehead atoms. The van der Waals surface area contributed by atoms with E-state index in [2.05, 4.69) is 24.5 Å². The second-order valence-corrected chi connectivity index (χ2v) is 9.84. The molecular weight excluding hydrogens is 499 g/mol. The van der Waals surface area contributed by atoms with Gasteiger partial charge in [0.15, 0.2) is 5.65 Å². The molecular formula is C27H24Cl2N4O3. The monoisotopic (exact) mass is 522 g/mol. The predicted molar refractivity (Wildman–Crippen MR) is 140 cm³/mol. The third-order valence-electron chi connectivity index (χ3n) is 6.59. The number of pyridine rings is 1. The molecule has 0 saturated heterocycles.